The van der Waals surface area contributed by atoms with Gasteiger partial charge in [0.2, 0.25) is 5.89 Å². The number of fused-ring (bicyclic) bond motifs is 1. The molecule has 0 aliphatic rings. The molecule has 0 bridgehead atoms. The molecule has 3 aromatic heterocycles. The Morgan fingerprint density at radius 2 is 1.85 bits per heavy atom. The van der Waals surface area contributed by atoms with Crippen LogP contribution >= 0.6 is 0 Å². The summed E-state index contributed by atoms with van der Waals surface area (Å²) in [5.74, 6) is -0.169. The van der Waals surface area contributed by atoms with Crippen LogP contribution in [-0.2, 0) is 17.9 Å². The molecule has 2 aromatic carbocycles. The second-order valence-corrected chi connectivity index (χ2v) is 7.32. The van der Waals surface area contributed by atoms with Gasteiger partial charge in [-0.05, 0) is 37.3 Å². The Balaban J connectivity index is 1.41. The van der Waals surface area contributed by atoms with E-state index in [2.05, 4.69) is 10.1 Å². The van der Waals surface area contributed by atoms with E-state index in [1.54, 1.807) is 29.1 Å². The summed E-state index contributed by atoms with van der Waals surface area (Å²) in [6.45, 7) is 2.43. The van der Waals surface area contributed by atoms with Crippen LogP contribution in [0, 0.1) is 5.82 Å². The van der Waals surface area contributed by atoms with Crippen molar-refractivity contribution in [2.75, 3.05) is 0 Å². The second-order valence-electron chi connectivity index (χ2n) is 7.32. The van der Waals surface area contributed by atoms with Crippen LogP contribution in [0.15, 0.2) is 77.5 Å². The van der Waals surface area contributed by atoms with Crippen molar-refractivity contribution in [3.05, 3.63) is 90.3 Å². The average Bonchev–Trinajstić information content (AvgIpc) is 3.50. The molecule has 0 saturated heterocycles. The first-order valence-corrected chi connectivity index (χ1v) is 10.4. The molecule has 0 unspecified atom stereocenters. The Kier molecular flexibility index (Phi) is 5.40. The van der Waals surface area contributed by atoms with Crippen molar-refractivity contribution in [3.8, 4) is 22.6 Å². The standard InChI is InChI=1S/C25H19FN4O3/c1-2-30-24-20(13-28-30)19(12-21(29-24)16-6-4-3-5-7-16)25(31)32-15-23-27-14-22(33-23)17-8-10-18(26)11-9-17/h3-14H,2,15H2,1H3. The van der Waals surface area contributed by atoms with Crippen LogP contribution in [-0.4, -0.2) is 25.7 Å². The van der Waals surface area contributed by atoms with Crippen LogP contribution in [0.5, 0.6) is 0 Å². The number of aryl methyl sites for hydroxylation is 1. The summed E-state index contributed by atoms with van der Waals surface area (Å²) in [6, 6.07) is 17.2. The van der Waals surface area contributed by atoms with Gasteiger partial charge in [-0.15, -0.1) is 0 Å². The van der Waals surface area contributed by atoms with Gasteiger partial charge in [-0.2, -0.15) is 5.10 Å². The highest BCUT2D eigenvalue weighted by atomic mass is 19.1. The number of hydrogen-bond donors (Lipinski definition) is 0. The summed E-state index contributed by atoms with van der Waals surface area (Å²) in [5.41, 5.74) is 3.19. The summed E-state index contributed by atoms with van der Waals surface area (Å²) < 4.78 is 26.0. The Labute approximate surface area is 188 Å². The minimum atomic E-state index is -0.531. The zero-order chi connectivity index (χ0) is 22.8. The van der Waals surface area contributed by atoms with E-state index >= 15 is 0 Å². The number of carbonyl (C=O) groups is 1. The molecule has 164 valence electrons. The highest BCUT2D eigenvalue weighted by Gasteiger charge is 2.19. The number of halogens is 1. The predicted octanol–water partition coefficient (Wildman–Crippen LogP) is 5.27. The van der Waals surface area contributed by atoms with E-state index in [0.29, 0.717) is 40.2 Å². The number of oxazole rings is 1. The molecule has 3 heterocycles. The normalized spacial score (nSPS) is 11.1. The Bertz CT molecular complexity index is 1430. The molecule has 5 rings (SSSR count). The number of carbonyl (C=O) groups excluding carboxylic acids is 1. The predicted molar refractivity (Wildman–Crippen MR) is 120 cm³/mol. The number of aromatic nitrogens is 4. The Morgan fingerprint density at radius 3 is 2.61 bits per heavy atom. The number of ether oxygens (including phenoxy) is 1. The molecule has 0 fully saturated rings. The van der Waals surface area contributed by atoms with Gasteiger partial charge in [-0.3, -0.25) is 0 Å². The molecular formula is C25H19FN4O3. The Morgan fingerprint density at radius 1 is 1.06 bits per heavy atom. The third kappa shape index (κ3) is 4.10. The fraction of sp³-hybridized carbons (Fsp3) is 0.120. The van der Waals surface area contributed by atoms with Crippen LogP contribution in [0.4, 0.5) is 4.39 Å². The number of nitrogens with zero attached hydrogens (tertiary/aromatic N) is 4. The molecule has 0 spiro atoms. The topological polar surface area (TPSA) is 83.0 Å². The maximum atomic E-state index is 13.1. The molecule has 0 atom stereocenters. The SMILES string of the molecule is CCn1ncc2c(C(=O)OCc3ncc(-c4ccc(F)cc4)o3)cc(-c3ccccc3)nc21. The third-order valence-corrected chi connectivity index (χ3v) is 5.21. The first kappa shape index (κ1) is 20.6. The molecule has 5 aromatic rings. The van der Waals surface area contributed by atoms with E-state index in [1.165, 1.54) is 18.3 Å². The quantitative estimate of drug-likeness (QED) is 0.333. The monoisotopic (exact) mass is 442 g/mol. The maximum absolute atomic E-state index is 13.1. The van der Waals surface area contributed by atoms with Crippen molar-refractivity contribution in [1.82, 2.24) is 19.7 Å². The van der Waals surface area contributed by atoms with Crippen molar-refractivity contribution >= 4 is 17.0 Å². The van der Waals surface area contributed by atoms with Gasteiger partial charge in [0.15, 0.2) is 18.0 Å². The number of hydrogen-bond acceptors (Lipinski definition) is 6. The van der Waals surface area contributed by atoms with E-state index in [-0.39, 0.29) is 18.3 Å². The lowest BCUT2D eigenvalue weighted by Gasteiger charge is -2.08. The average molecular weight is 442 g/mol. The van der Waals surface area contributed by atoms with Crippen LogP contribution in [0.25, 0.3) is 33.6 Å². The van der Waals surface area contributed by atoms with E-state index in [0.717, 1.165) is 5.56 Å². The number of benzene rings is 2. The summed E-state index contributed by atoms with van der Waals surface area (Å²) in [6.07, 6.45) is 3.13. The summed E-state index contributed by atoms with van der Waals surface area (Å²) in [7, 11) is 0. The zero-order valence-corrected chi connectivity index (χ0v) is 17.7. The molecule has 33 heavy (non-hydrogen) atoms. The van der Waals surface area contributed by atoms with Crippen molar-refractivity contribution in [2.45, 2.75) is 20.1 Å². The lowest BCUT2D eigenvalue weighted by molar-refractivity contribution is 0.0441. The van der Waals surface area contributed by atoms with Crippen LogP contribution in [0.3, 0.4) is 0 Å². The smallest absolute Gasteiger partial charge is 0.339 e. The van der Waals surface area contributed by atoms with Crippen LogP contribution in [0.2, 0.25) is 0 Å². The molecular weight excluding hydrogens is 423 g/mol. The largest absolute Gasteiger partial charge is 0.452 e. The number of pyridine rings is 1. The highest BCUT2D eigenvalue weighted by Crippen LogP contribution is 2.26. The summed E-state index contributed by atoms with van der Waals surface area (Å²) in [5, 5.41) is 4.95. The first-order chi connectivity index (χ1) is 16.1. The van der Waals surface area contributed by atoms with Gasteiger partial charge in [0.25, 0.3) is 0 Å². The fourth-order valence-electron chi connectivity index (χ4n) is 3.53. The van der Waals surface area contributed by atoms with Gasteiger partial charge < -0.3 is 9.15 Å². The second kappa shape index (κ2) is 8.66. The first-order valence-electron chi connectivity index (χ1n) is 10.4. The molecule has 7 nitrogen and oxygen atoms in total. The van der Waals surface area contributed by atoms with Crippen LogP contribution < -0.4 is 0 Å². The van der Waals surface area contributed by atoms with E-state index in [1.807, 2.05) is 37.3 Å². The molecule has 8 heteroatoms. The third-order valence-electron chi connectivity index (χ3n) is 5.21. The lowest BCUT2D eigenvalue weighted by Crippen LogP contribution is -2.08. The lowest BCUT2D eigenvalue weighted by atomic mass is 10.1. The van der Waals surface area contributed by atoms with Gasteiger partial charge in [0.05, 0.1) is 29.0 Å². The molecule has 0 radical (unpaired) electrons. The van der Waals surface area contributed by atoms with Crippen molar-refractivity contribution < 1.29 is 18.3 Å². The Hall–Kier alpha value is -4.33. The molecule has 0 aliphatic carbocycles. The van der Waals surface area contributed by atoms with Gasteiger partial charge in [-0.25, -0.2) is 23.8 Å². The number of rotatable bonds is 6. The van der Waals surface area contributed by atoms with E-state index in [4.69, 9.17) is 14.1 Å². The van der Waals surface area contributed by atoms with Crippen molar-refractivity contribution in [1.29, 1.82) is 0 Å². The zero-order valence-electron chi connectivity index (χ0n) is 17.7. The van der Waals surface area contributed by atoms with Crippen LogP contribution in [0.1, 0.15) is 23.2 Å². The van der Waals surface area contributed by atoms with Gasteiger partial charge >= 0.3 is 5.97 Å². The van der Waals surface area contributed by atoms with Gasteiger partial charge in [-0.1, -0.05) is 30.3 Å². The maximum Gasteiger partial charge on any atom is 0.339 e. The number of esters is 1. The van der Waals surface area contributed by atoms with E-state index in [9.17, 15) is 9.18 Å². The fourth-order valence-corrected chi connectivity index (χ4v) is 3.53. The summed E-state index contributed by atoms with van der Waals surface area (Å²) >= 11 is 0. The highest BCUT2D eigenvalue weighted by molar-refractivity contribution is 6.03. The van der Waals surface area contributed by atoms with E-state index < -0.39 is 5.97 Å². The molecule has 0 aliphatic heterocycles. The summed E-state index contributed by atoms with van der Waals surface area (Å²) in [4.78, 5) is 21.9. The molecule has 0 amide bonds. The molecule has 0 N–H and O–H groups in total. The van der Waals surface area contributed by atoms with Gasteiger partial charge in [0.1, 0.15) is 5.82 Å². The minimum Gasteiger partial charge on any atom is -0.452 e. The van der Waals surface area contributed by atoms with Crippen molar-refractivity contribution in [2.24, 2.45) is 0 Å². The van der Waals surface area contributed by atoms with Crippen molar-refractivity contribution in [3.63, 3.8) is 0 Å². The van der Waals surface area contributed by atoms with Gasteiger partial charge in [0, 0.05) is 17.7 Å². The molecule has 0 saturated carbocycles. The minimum absolute atomic E-state index is 0.146.